The number of carboxylic acids is 1. The maximum atomic E-state index is 14.3. The number of aryl methyl sites for hydroxylation is 2. The van der Waals surface area contributed by atoms with Gasteiger partial charge >= 0.3 is 5.97 Å². The van der Waals surface area contributed by atoms with Crippen molar-refractivity contribution >= 4 is 23.5 Å². The SMILES string of the molecule is C=CCN(C(=O)C1N(CCCO)C(=O)[C@@H]2[C@H](C(=O)O)[C@@]3(C)OC12CC3C)c1cc(C)ccc1C. The van der Waals surface area contributed by atoms with Crippen LogP contribution in [0.1, 0.15) is 37.8 Å². The molecule has 8 heteroatoms. The van der Waals surface area contributed by atoms with E-state index in [1.165, 1.54) is 4.90 Å². The number of carboxylic acid groups (broad SMARTS) is 1. The molecule has 3 unspecified atom stereocenters. The standard InChI is InChI=1S/C26H34N2O6/c1-6-10-27(18-13-15(2)8-9-16(18)3)23(31)21-26-14-17(4)25(5,34-26)20(24(32)33)19(26)22(30)28(21)11-7-12-29/h6,8-9,13,17,19-21,29H,1,7,10-12,14H2,2-5H3,(H,32,33)/t17?,19-,20+,21?,25-,26?/m0/s1. The summed E-state index contributed by atoms with van der Waals surface area (Å²) in [6.45, 7) is 11.6. The summed E-state index contributed by atoms with van der Waals surface area (Å²) in [6.07, 6.45) is 2.35. The second-order valence-corrected chi connectivity index (χ2v) is 10.2. The number of benzene rings is 1. The summed E-state index contributed by atoms with van der Waals surface area (Å²) in [6, 6.07) is 4.86. The fourth-order valence-corrected chi connectivity index (χ4v) is 6.47. The first-order valence-electron chi connectivity index (χ1n) is 11.9. The van der Waals surface area contributed by atoms with Crippen LogP contribution in [0.5, 0.6) is 0 Å². The van der Waals surface area contributed by atoms with Gasteiger partial charge in [-0.3, -0.25) is 14.4 Å². The van der Waals surface area contributed by atoms with Gasteiger partial charge in [-0.2, -0.15) is 0 Å². The fourth-order valence-electron chi connectivity index (χ4n) is 6.47. The molecule has 2 amide bonds. The molecule has 3 aliphatic heterocycles. The second-order valence-electron chi connectivity index (χ2n) is 10.2. The van der Waals surface area contributed by atoms with Crippen LogP contribution in [0.15, 0.2) is 30.9 Å². The van der Waals surface area contributed by atoms with E-state index in [1.807, 2.05) is 39.0 Å². The molecule has 3 heterocycles. The Morgan fingerprint density at radius 3 is 2.68 bits per heavy atom. The molecule has 4 rings (SSSR count). The van der Waals surface area contributed by atoms with Gasteiger partial charge in [0.2, 0.25) is 5.91 Å². The summed E-state index contributed by atoms with van der Waals surface area (Å²) in [5.74, 6) is -3.89. The van der Waals surface area contributed by atoms with Gasteiger partial charge in [0, 0.05) is 25.4 Å². The number of aliphatic carboxylic acids is 1. The number of ether oxygens (including phenoxy) is 1. The molecule has 34 heavy (non-hydrogen) atoms. The first-order valence-corrected chi connectivity index (χ1v) is 11.9. The summed E-state index contributed by atoms with van der Waals surface area (Å²) in [5.41, 5.74) is 0.361. The molecule has 6 atom stereocenters. The number of fused-ring (bicyclic) bond motifs is 1. The summed E-state index contributed by atoms with van der Waals surface area (Å²) in [7, 11) is 0. The highest BCUT2D eigenvalue weighted by Gasteiger charge is 2.80. The molecular formula is C26H34N2O6. The Morgan fingerprint density at radius 2 is 2.06 bits per heavy atom. The molecule has 1 spiro atoms. The van der Waals surface area contributed by atoms with Crippen molar-refractivity contribution in [2.75, 3.05) is 24.6 Å². The molecule has 184 valence electrons. The zero-order valence-corrected chi connectivity index (χ0v) is 20.3. The molecule has 2 N–H and O–H groups in total. The second kappa shape index (κ2) is 8.50. The quantitative estimate of drug-likeness (QED) is 0.565. The van der Waals surface area contributed by atoms with Gasteiger partial charge in [-0.05, 0) is 56.7 Å². The molecule has 2 bridgehead atoms. The lowest BCUT2D eigenvalue weighted by molar-refractivity contribution is -0.156. The third kappa shape index (κ3) is 3.30. The topological polar surface area (TPSA) is 107 Å². The van der Waals surface area contributed by atoms with E-state index in [-0.39, 0.29) is 43.8 Å². The number of hydrogen-bond donors (Lipinski definition) is 2. The zero-order valence-electron chi connectivity index (χ0n) is 20.3. The van der Waals surface area contributed by atoms with Crippen molar-refractivity contribution in [2.45, 2.75) is 57.8 Å². The lowest BCUT2D eigenvalue weighted by Crippen LogP contribution is -2.57. The monoisotopic (exact) mass is 470 g/mol. The van der Waals surface area contributed by atoms with Crippen molar-refractivity contribution < 1.29 is 29.3 Å². The molecule has 3 fully saturated rings. The first-order chi connectivity index (χ1) is 16.0. The summed E-state index contributed by atoms with van der Waals surface area (Å²) >= 11 is 0. The van der Waals surface area contributed by atoms with E-state index in [2.05, 4.69) is 6.58 Å². The number of carbonyl (C=O) groups is 3. The molecule has 3 saturated heterocycles. The van der Waals surface area contributed by atoms with E-state index in [0.717, 1.165) is 16.8 Å². The van der Waals surface area contributed by atoms with Gasteiger partial charge in [-0.25, -0.2) is 0 Å². The third-order valence-electron chi connectivity index (χ3n) is 8.10. The highest BCUT2D eigenvalue weighted by molar-refractivity contribution is 6.05. The van der Waals surface area contributed by atoms with Gasteiger partial charge in [0.05, 0.1) is 11.5 Å². The Labute approximate surface area is 200 Å². The van der Waals surface area contributed by atoms with Crippen LogP contribution in [0.4, 0.5) is 5.69 Å². The van der Waals surface area contributed by atoms with E-state index in [4.69, 9.17) is 4.74 Å². The number of nitrogens with zero attached hydrogens (tertiary/aromatic N) is 2. The Kier molecular flexibility index (Phi) is 6.10. The molecule has 1 aromatic carbocycles. The Balaban J connectivity index is 1.85. The van der Waals surface area contributed by atoms with Gasteiger partial charge in [-0.15, -0.1) is 6.58 Å². The van der Waals surface area contributed by atoms with Gasteiger partial charge in [0.25, 0.3) is 5.91 Å². The number of amides is 2. The van der Waals surface area contributed by atoms with E-state index < -0.39 is 35.0 Å². The van der Waals surface area contributed by atoms with Crippen molar-refractivity contribution in [3.8, 4) is 0 Å². The number of carbonyl (C=O) groups excluding carboxylic acids is 2. The van der Waals surface area contributed by atoms with Crippen molar-refractivity contribution in [1.29, 1.82) is 0 Å². The zero-order chi connectivity index (χ0) is 25.0. The molecule has 0 aromatic heterocycles. The average Bonchev–Trinajstić information content (AvgIpc) is 3.28. The molecule has 1 aromatic rings. The minimum Gasteiger partial charge on any atom is -0.481 e. The van der Waals surface area contributed by atoms with E-state index in [1.54, 1.807) is 17.9 Å². The van der Waals surface area contributed by atoms with Crippen LogP contribution < -0.4 is 4.90 Å². The van der Waals surface area contributed by atoms with E-state index in [0.29, 0.717) is 6.42 Å². The van der Waals surface area contributed by atoms with Crippen LogP contribution in [-0.2, 0) is 19.1 Å². The van der Waals surface area contributed by atoms with Gasteiger partial charge < -0.3 is 24.7 Å². The third-order valence-corrected chi connectivity index (χ3v) is 8.10. The van der Waals surface area contributed by atoms with E-state index >= 15 is 0 Å². The number of anilines is 1. The largest absolute Gasteiger partial charge is 0.481 e. The highest BCUT2D eigenvalue weighted by Crippen LogP contribution is 2.65. The maximum Gasteiger partial charge on any atom is 0.310 e. The minimum atomic E-state index is -1.22. The number of aliphatic hydroxyl groups is 1. The molecule has 8 nitrogen and oxygen atoms in total. The smallest absolute Gasteiger partial charge is 0.310 e. The normalized spacial score (nSPS) is 33.8. The minimum absolute atomic E-state index is 0.140. The summed E-state index contributed by atoms with van der Waals surface area (Å²) in [4.78, 5) is 43.5. The molecular weight excluding hydrogens is 436 g/mol. The molecule has 0 saturated carbocycles. The first kappa shape index (κ1) is 24.4. The Hall–Kier alpha value is -2.71. The molecule has 3 aliphatic rings. The van der Waals surface area contributed by atoms with Crippen molar-refractivity contribution in [2.24, 2.45) is 17.8 Å². The van der Waals surface area contributed by atoms with Crippen molar-refractivity contribution in [3.05, 3.63) is 42.0 Å². The molecule has 0 aliphatic carbocycles. The van der Waals surface area contributed by atoms with Gasteiger partial charge in [-0.1, -0.05) is 25.1 Å². The highest BCUT2D eigenvalue weighted by atomic mass is 16.5. The maximum absolute atomic E-state index is 14.3. The van der Waals surface area contributed by atoms with Crippen LogP contribution in [0.3, 0.4) is 0 Å². The van der Waals surface area contributed by atoms with E-state index in [9.17, 15) is 24.6 Å². The van der Waals surface area contributed by atoms with Crippen LogP contribution in [-0.4, -0.2) is 69.8 Å². The number of hydrogen-bond acceptors (Lipinski definition) is 5. The predicted molar refractivity (Wildman–Crippen MR) is 126 cm³/mol. The van der Waals surface area contributed by atoms with Gasteiger partial charge in [0.1, 0.15) is 17.6 Å². The fraction of sp³-hybridized carbons (Fsp3) is 0.577. The van der Waals surface area contributed by atoms with Crippen LogP contribution >= 0.6 is 0 Å². The Bertz CT molecular complexity index is 1040. The number of rotatable bonds is 8. The van der Waals surface area contributed by atoms with Crippen molar-refractivity contribution in [3.63, 3.8) is 0 Å². The van der Waals surface area contributed by atoms with Crippen LogP contribution in [0.25, 0.3) is 0 Å². The number of aliphatic hydroxyl groups excluding tert-OH is 1. The van der Waals surface area contributed by atoms with Crippen LogP contribution in [0.2, 0.25) is 0 Å². The lowest BCUT2D eigenvalue weighted by Gasteiger charge is -2.37. The molecule has 0 radical (unpaired) electrons. The lowest BCUT2D eigenvalue weighted by atomic mass is 9.62. The number of likely N-dealkylation sites (tertiary alicyclic amines) is 1. The van der Waals surface area contributed by atoms with Crippen molar-refractivity contribution in [1.82, 2.24) is 4.90 Å². The summed E-state index contributed by atoms with van der Waals surface area (Å²) < 4.78 is 6.51. The average molecular weight is 471 g/mol. The Morgan fingerprint density at radius 1 is 1.35 bits per heavy atom. The summed E-state index contributed by atoms with van der Waals surface area (Å²) in [5, 5.41) is 19.6. The van der Waals surface area contributed by atoms with Gasteiger partial charge in [0.15, 0.2) is 0 Å². The van der Waals surface area contributed by atoms with Crippen LogP contribution in [0, 0.1) is 31.6 Å². The predicted octanol–water partition coefficient (Wildman–Crippen LogP) is 2.30.